The predicted molar refractivity (Wildman–Crippen MR) is 95.3 cm³/mol. The number of aliphatic carboxylic acids is 1. The summed E-state index contributed by atoms with van der Waals surface area (Å²) in [5, 5.41) is 23.9. The molecule has 1 aromatic carbocycles. The summed E-state index contributed by atoms with van der Waals surface area (Å²) in [6, 6.07) is 5.99. The van der Waals surface area contributed by atoms with Gasteiger partial charge in [-0.15, -0.1) is 0 Å². The SMILES string of the molecule is CC1=C(C(=O)O)C(c2ccccc2[N+](=O)[O-])C([S+]([O-])C(C)C)=C(C)N1. The second-order valence-corrected chi connectivity index (χ2v) is 8.03. The van der Waals surface area contributed by atoms with Crippen molar-refractivity contribution in [2.45, 2.75) is 38.9 Å². The van der Waals surface area contributed by atoms with E-state index >= 15 is 0 Å². The molecule has 2 unspecified atom stereocenters. The van der Waals surface area contributed by atoms with Crippen LogP contribution in [0.5, 0.6) is 0 Å². The van der Waals surface area contributed by atoms with Crippen LogP contribution in [-0.4, -0.2) is 25.8 Å². The third-order valence-corrected chi connectivity index (χ3v) is 5.85. The van der Waals surface area contributed by atoms with E-state index in [4.69, 9.17) is 0 Å². The Kier molecular flexibility index (Phi) is 5.54. The lowest BCUT2D eigenvalue weighted by atomic mass is 9.85. The van der Waals surface area contributed by atoms with Crippen LogP contribution in [-0.2, 0) is 16.0 Å². The largest absolute Gasteiger partial charge is 0.611 e. The molecule has 1 aliphatic rings. The number of nitro groups is 1. The van der Waals surface area contributed by atoms with E-state index in [-0.39, 0.29) is 22.1 Å². The van der Waals surface area contributed by atoms with Crippen molar-refractivity contribution in [3.8, 4) is 0 Å². The fraction of sp³-hybridized carbons (Fsp3) is 0.353. The number of nitro benzene ring substituents is 1. The highest BCUT2D eigenvalue weighted by molar-refractivity contribution is 7.95. The van der Waals surface area contributed by atoms with Gasteiger partial charge >= 0.3 is 5.97 Å². The van der Waals surface area contributed by atoms with Crippen molar-refractivity contribution in [3.05, 3.63) is 61.8 Å². The van der Waals surface area contributed by atoms with Gasteiger partial charge in [-0.2, -0.15) is 0 Å². The topological polar surface area (TPSA) is 116 Å². The monoisotopic (exact) mass is 364 g/mol. The van der Waals surface area contributed by atoms with Gasteiger partial charge in [0.1, 0.15) is 5.25 Å². The van der Waals surface area contributed by atoms with Crippen molar-refractivity contribution in [2.24, 2.45) is 0 Å². The second kappa shape index (κ2) is 7.28. The predicted octanol–water partition coefficient (Wildman–Crippen LogP) is 3.03. The minimum Gasteiger partial charge on any atom is -0.611 e. The molecule has 7 nitrogen and oxygen atoms in total. The molecule has 8 heteroatoms. The number of carboxylic acids is 1. The van der Waals surface area contributed by atoms with Gasteiger partial charge in [0.25, 0.3) is 5.69 Å². The van der Waals surface area contributed by atoms with E-state index in [1.165, 1.54) is 18.2 Å². The first kappa shape index (κ1) is 19.0. The van der Waals surface area contributed by atoms with E-state index < -0.39 is 28.0 Å². The first-order valence-electron chi connectivity index (χ1n) is 7.72. The van der Waals surface area contributed by atoms with Crippen LogP contribution in [0.4, 0.5) is 5.69 Å². The highest BCUT2D eigenvalue weighted by atomic mass is 32.2. The molecule has 1 aliphatic heterocycles. The molecule has 0 aliphatic carbocycles. The fourth-order valence-corrected chi connectivity index (χ4v) is 4.31. The van der Waals surface area contributed by atoms with E-state index in [2.05, 4.69) is 5.32 Å². The van der Waals surface area contributed by atoms with Crippen LogP contribution >= 0.6 is 0 Å². The Morgan fingerprint density at radius 1 is 1.28 bits per heavy atom. The Labute approximate surface area is 148 Å². The van der Waals surface area contributed by atoms with Gasteiger partial charge in [0.15, 0.2) is 4.91 Å². The summed E-state index contributed by atoms with van der Waals surface area (Å²) in [5.74, 6) is -2.14. The lowest BCUT2D eigenvalue weighted by Crippen LogP contribution is -2.33. The van der Waals surface area contributed by atoms with E-state index in [9.17, 15) is 24.6 Å². The average Bonchev–Trinajstić information content (AvgIpc) is 2.52. The molecule has 2 rings (SSSR count). The van der Waals surface area contributed by atoms with Crippen molar-refractivity contribution >= 4 is 22.8 Å². The maximum Gasteiger partial charge on any atom is 0.334 e. The van der Waals surface area contributed by atoms with Gasteiger partial charge in [-0.1, -0.05) is 18.2 Å². The zero-order valence-electron chi connectivity index (χ0n) is 14.4. The van der Waals surface area contributed by atoms with Crippen molar-refractivity contribution in [2.75, 3.05) is 0 Å². The van der Waals surface area contributed by atoms with Crippen molar-refractivity contribution in [3.63, 3.8) is 0 Å². The summed E-state index contributed by atoms with van der Waals surface area (Å²) in [6.45, 7) is 6.83. The second-order valence-electron chi connectivity index (χ2n) is 6.05. The van der Waals surface area contributed by atoms with Gasteiger partial charge in [-0.3, -0.25) is 10.1 Å². The number of nitrogens with zero attached hydrogens (tertiary/aromatic N) is 1. The molecular weight excluding hydrogens is 344 g/mol. The van der Waals surface area contributed by atoms with E-state index in [0.29, 0.717) is 16.3 Å². The molecule has 25 heavy (non-hydrogen) atoms. The number of allylic oxidation sites excluding steroid dienone is 3. The Hall–Kier alpha value is -2.32. The highest BCUT2D eigenvalue weighted by Gasteiger charge is 2.43. The number of hydrogen-bond acceptors (Lipinski definition) is 5. The maximum absolute atomic E-state index is 12.9. The number of nitrogens with one attached hydrogen (secondary N) is 1. The molecule has 0 saturated heterocycles. The molecule has 134 valence electrons. The smallest absolute Gasteiger partial charge is 0.334 e. The molecule has 0 fully saturated rings. The highest BCUT2D eigenvalue weighted by Crippen LogP contribution is 2.44. The van der Waals surface area contributed by atoms with Crippen LogP contribution in [0.2, 0.25) is 0 Å². The fourth-order valence-electron chi connectivity index (χ4n) is 2.97. The summed E-state index contributed by atoms with van der Waals surface area (Å²) < 4.78 is 12.9. The molecule has 2 atom stereocenters. The van der Waals surface area contributed by atoms with Gasteiger partial charge in [-0.05, 0) is 38.9 Å². The maximum atomic E-state index is 12.9. The molecule has 0 aromatic heterocycles. The van der Waals surface area contributed by atoms with Crippen LogP contribution < -0.4 is 5.32 Å². The molecular formula is C17H20N2O5S. The van der Waals surface area contributed by atoms with E-state index in [1.807, 2.05) is 0 Å². The molecule has 1 aromatic rings. The minimum atomic E-state index is -1.50. The number of carbonyl (C=O) groups is 1. The average molecular weight is 364 g/mol. The number of hydrogen-bond donors (Lipinski definition) is 2. The standard InChI is InChI=1S/C17H20N2O5S/c1-9(2)25(24)16-11(4)18-10(3)14(17(20)21)15(16)12-7-5-6-8-13(12)19(22)23/h5-9,15,18H,1-4H3,(H,20,21). The summed E-state index contributed by atoms with van der Waals surface area (Å²) in [6.07, 6.45) is 0. The summed E-state index contributed by atoms with van der Waals surface area (Å²) in [7, 11) is 0. The van der Waals surface area contributed by atoms with Crippen molar-refractivity contribution < 1.29 is 19.4 Å². The Balaban J connectivity index is 2.79. The number of carboxylic acid groups (broad SMARTS) is 1. The van der Waals surface area contributed by atoms with Crippen LogP contribution in [0.15, 0.2) is 46.1 Å². The normalized spacial score (nSPS) is 19.0. The van der Waals surface area contributed by atoms with Gasteiger partial charge in [0, 0.05) is 17.3 Å². The molecule has 0 saturated carbocycles. The van der Waals surface area contributed by atoms with Gasteiger partial charge in [0.05, 0.1) is 22.1 Å². The van der Waals surface area contributed by atoms with Gasteiger partial charge in [0.2, 0.25) is 0 Å². The molecule has 0 amide bonds. The molecule has 0 radical (unpaired) electrons. The number of benzene rings is 1. The first-order chi connectivity index (χ1) is 11.7. The third-order valence-electron chi connectivity index (χ3n) is 4.02. The molecule has 1 heterocycles. The van der Waals surface area contributed by atoms with Crippen LogP contribution in [0.25, 0.3) is 0 Å². The summed E-state index contributed by atoms with van der Waals surface area (Å²) >= 11 is -1.50. The molecule has 0 bridgehead atoms. The van der Waals surface area contributed by atoms with Crippen LogP contribution in [0, 0.1) is 10.1 Å². The quantitative estimate of drug-likeness (QED) is 0.471. The van der Waals surface area contributed by atoms with Crippen LogP contribution in [0.1, 0.15) is 39.2 Å². The lowest BCUT2D eigenvalue weighted by molar-refractivity contribution is -0.385. The third kappa shape index (κ3) is 3.54. The first-order valence-corrected chi connectivity index (χ1v) is 8.93. The Morgan fingerprint density at radius 2 is 1.88 bits per heavy atom. The lowest BCUT2D eigenvalue weighted by Gasteiger charge is -2.31. The summed E-state index contributed by atoms with van der Waals surface area (Å²) in [4.78, 5) is 23.2. The Bertz CT molecular complexity index is 785. The van der Waals surface area contributed by atoms with E-state index in [1.54, 1.807) is 33.8 Å². The van der Waals surface area contributed by atoms with Gasteiger partial charge in [-0.25, -0.2) is 4.79 Å². The van der Waals surface area contributed by atoms with Crippen molar-refractivity contribution in [1.82, 2.24) is 5.32 Å². The Morgan fingerprint density at radius 3 is 2.40 bits per heavy atom. The number of dihydropyridines is 1. The summed E-state index contributed by atoms with van der Waals surface area (Å²) in [5.41, 5.74) is 0.973. The van der Waals surface area contributed by atoms with E-state index in [0.717, 1.165) is 0 Å². The zero-order valence-corrected chi connectivity index (χ0v) is 15.2. The number of para-hydroxylation sites is 1. The zero-order chi connectivity index (χ0) is 18.9. The van der Waals surface area contributed by atoms with Crippen molar-refractivity contribution in [1.29, 1.82) is 0 Å². The number of rotatable bonds is 5. The van der Waals surface area contributed by atoms with Crippen LogP contribution in [0.3, 0.4) is 0 Å². The molecule has 0 spiro atoms. The van der Waals surface area contributed by atoms with Gasteiger partial charge < -0.3 is 15.0 Å². The molecule has 2 N–H and O–H groups in total. The minimum absolute atomic E-state index is 0.0242.